The molecule has 0 aliphatic carbocycles. The van der Waals surface area contributed by atoms with Gasteiger partial charge < -0.3 is 4.74 Å². The molecular formula is C35H30NO+. The lowest BCUT2D eigenvalue weighted by atomic mass is 10.0. The standard InChI is InChI=1S/C35H30NO/c1-36-32(23-19-28-15-17-31(18-16-28)27-30-9-4-2-5-10-30)11-8-12-33(36)24-20-29-21-25-35(26-22-29)37-34-13-6-3-7-14-34/h2-26H,27H2,1H3/q+1/b23-19+,24-20+. The zero-order valence-electron chi connectivity index (χ0n) is 21.0. The Morgan fingerprint density at radius 1 is 0.486 bits per heavy atom. The lowest BCUT2D eigenvalue weighted by molar-refractivity contribution is -0.675. The van der Waals surface area contributed by atoms with Crippen molar-refractivity contribution in [1.82, 2.24) is 0 Å². The molecule has 4 aromatic carbocycles. The lowest BCUT2D eigenvalue weighted by Gasteiger charge is -2.05. The van der Waals surface area contributed by atoms with Gasteiger partial charge in [-0.1, -0.05) is 84.9 Å². The number of hydrogen-bond donors (Lipinski definition) is 0. The van der Waals surface area contributed by atoms with Gasteiger partial charge >= 0.3 is 0 Å². The summed E-state index contributed by atoms with van der Waals surface area (Å²) in [7, 11) is 2.10. The molecule has 0 aliphatic rings. The number of pyridine rings is 1. The minimum absolute atomic E-state index is 0.828. The van der Waals surface area contributed by atoms with E-state index in [4.69, 9.17) is 4.74 Å². The van der Waals surface area contributed by atoms with Gasteiger partial charge in [-0.3, -0.25) is 0 Å². The zero-order valence-corrected chi connectivity index (χ0v) is 21.0. The molecule has 0 saturated carbocycles. The summed E-state index contributed by atoms with van der Waals surface area (Å²) < 4.78 is 8.09. The van der Waals surface area contributed by atoms with Crippen LogP contribution in [0.5, 0.6) is 11.5 Å². The topological polar surface area (TPSA) is 13.1 Å². The fourth-order valence-corrected chi connectivity index (χ4v) is 4.17. The molecule has 0 amide bonds. The van der Waals surface area contributed by atoms with E-state index in [-0.39, 0.29) is 0 Å². The Bertz CT molecular complexity index is 1370. The minimum atomic E-state index is 0.828. The van der Waals surface area contributed by atoms with Crippen LogP contribution in [-0.2, 0) is 13.5 Å². The molecule has 0 fully saturated rings. The second-order valence-electron chi connectivity index (χ2n) is 8.99. The molecule has 0 aliphatic heterocycles. The SMILES string of the molecule is C[n+]1c(/C=C/c2ccc(Cc3ccccc3)cc2)cccc1/C=C/c1ccc(Oc2ccccc2)cc1. The molecule has 1 heterocycles. The van der Waals surface area contributed by atoms with E-state index in [1.807, 2.05) is 42.5 Å². The summed E-state index contributed by atoms with van der Waals surface area (Å²) in [5.41, 5.74) is 7.24. The van der Waals surface area contributed by atoms with Gasteiger partial charge in [0.15, 0.2) is 0 Å². The fraction of sp³-hybridized carbons (Fsp3) is 0.0571. The Hall–Kier alpha value is -4.69. The Kier molecular flexibility index (Phi) is 7.68. The Morgan fingerprint density at radius 3 is 1.57 bits per heavy atom. The van der Waals surface area contributed by atoms with Gasteiger partial charge in [-0.2, -0.15) is 4.57 Å². The summed E-state index contributed by atoms with van der Waals surface area (Å²) in [6.07, 6.45) is 9.56. The summed E-state index contributed by atoms with van der Waals surface area (Å²) >= 11 is 0. The average molecular weight is 481 g/mol. The van der Waals surface area contributed by atoms with E-state index in [9.17, 15) is 0 Å². The highest BCUT2D eigenvalue weighted by molar-refractivity contribution is 5.69. The van der Waals surface area contributed by atoms with E-state index in [0.717, 1.165) is 34.9 Å². The van der Waals surface area contributed by atoms with Crippen LogP contribution in [0.4, 0.5) is 0 Å². The van der Waals surface area contributed by atoms with Crippen LogP contribution in [0.3, 0.4) is 0 Å². The number of rotatable bonds is 8. The molecule has 0 radical (unpaired) electrons. The minimum Gasteiger partial charge on any atom is -0.457 e. The van der Waals surface area contributed by atoms with Crippen molar-refractivity contribution >= 4 is 24.3 Å². The fourth-order valence-electron chi connectivity index (χ4n) is 4.17. The summed E-state index contributed by atoms with van der Waals surface area (Å²) in [5.74, 6) is 1.67. The third-order valence-corrected chi connectivity index (χ3v) is 6.29. The predicted octanol–water partition coefficient (Wildman–Crippen LogP) is 8.24. The van der Waals surface area contributed by atoms with Gasteiger partial charge in [0, 0.05) is 24.3 Å². The van der Waals surface area contributed by atoms with Gasteiger partial charge in [0.25, 0.3) is 0 Å². The molecule has 0 bridgehead atoms. The van der Waals surface area contributed by atoms with E-state index >= 15 is 0 Å². The van der Waals surface area contributed by atoms with Crippen LogP contribution in [0.15, 0.2) is 127 Å². The summed E-state index contributed by atoms with van der Waals surface area (Å²) in [6, 6.07) is 43.7. The van der Waals surface area contributed by atoms with Crippen molar-refractivity contribution in [2.45, 2.75) is 6.42 Å². The van der Waals surface area contributed by atoms with Crippen molar-refractivity contribution < 1.29 is 9.30 Å². The number of hydrogen-bond acceptors (Lipinski definition) is 1. The summed E-state index contributed by atoms with van der Waals surface area (Å²) in [4.78, 5) is 0. The molecule has 1 aromatic heterocycles. The number of nitrogens with zero attached hydrogens (tertiary/aromatic N) is 1. The third kappa shape index (κ3) is 6.71. The van der Waals surface area contributed by atoms with E-state index in [0.29, 0.717) is 0 Å². The molecule has 5 aromatic rings. The Balaban J connectivity index is 1.23. The van der Waals surface area contributed by atoms with Crippen LogP contribution >= 0.6 is 0 Å². The van der Waals surface area contributed by atoms with Crippen molar-refractivity contribution in [2.24, 2.45) is 7.05 Å². The molecule has 0 unspecified atom stereocenters. The molecule has 2 heteroatoms. The van der Waals surface area contributed by atoms with Crippen molar-refractivity contribution in [3.63, 3.8) is 0 Å². The molecule has 180 valence electrons. The molecule has 0 saturated heterocycles. The first-order chi connectivity index (χ1) is 18.2. The van der Waals surface area contributed by atoms with Crippen LogP contribution in [0.1, 0.15) is 33.6 Å². The smallest absolute Gasteiger partial charge is 0.205 e. The molecule has 37 heavy (non-hydrogen) atoms. The van der Waals surface area contributed by atoms with Gasteiger partial charge in [0.1, 0.15) is 18.5 Å². The van der Waals surface area contributed by atoms with Gasteiger partial charge in [0.2, 0.25) is 11.4 Å². The van der Waals surface area contributed by atoms with Gasteiger partial charge in [-0.15, -0.1) is 0 Å². The largest absolute Gasteiger partial charge is 0.457 e. The van der Waals surface area contributed by atoms with Crippen molar-refractivity contribution in [3.8, 4) is 11.5 Å². The second kappa shape index (κ2) is 11.8. The Labute approximate surface area is 219 Å². The van der Waals surface area contributed by atoms with E-state index in [1.165, 1.54) is 16.7 Å². The molecule has 0 N–H and O–H groups in total. The number of benzene rings is 4. The van der Waals surface area contributed by atoms with E-state index in [2.05, 4.69) is 121 Å². The number of ether oxygens (including phenoxy) is 1. The van der Waals surface area contributed by atoms with Crippen LogP contribution in [-0.4, -0.2) is 0 Å². The molecule has 2 nitrogen and oxygen atoms in total. The quantitative estimate of drug-likeness (QED) is 0.204. The molecule has 0 spiro atoms. The van der Waals surface area contributed by atoms with Crippen LogP contribution in [0.2, 0.25) is 0 Å². The predicted molar refractivity (Wildman–Crippen MR) is 154 cm³/mol. The third-order valence-electron chi connectivity index (χ3n) is 6.29. The maximum atomic E-state index is 5.89. The first-order valence-electron chi connectivity index (χ1n) is 12.5. The highest BCUT2D eigenvalue weighted by Gasteiger charge is 2.07. The molecule has 0 atom stereocenters. The average Bonchev–Trinajstić information content (AvgIpc) is 2.95. The Morgan fingerprint density at radius 2 is 0.973 bits per heavy atom. The normalized spacial score (nSPS) is 11.3. The second-order valence-corrected chi connectivity index (χ2v) is 8.99. The van der Waals surface area contributed by atoms with Crippen molar-refractivity contribution in [2.75, 3.05) is 0 Å². The van der Waals surface area contributed by atoms with Crippen LogP contribution in [0, 0.1) is 0 Å². The maximum Gasteiger partial charge on any atom is 0.205 e. The monoisotopic (exact) mass is 480 g/mol. The van der Waals surface area contributed by atoms with Crippen molar-refractivity contribution in [1.29, 1.82) is 0 Å². The first kappa shape index (κ1) is 24.0. The van der Waals surface area contributed by atoms with Gasteiger partial charge in [-0.05, 0) is 71.2 Å². The molecular weight excluding hydrogens is 450 g/mol. The number of aromatic nitrogens is 1. The van der Waals surface area contributed by atoms with Gasteiger partial charge in [-0.25, -0.2) is 0 Å². The highest BCUT2D eigenvalue weighted by atomic mass is 16.5. The lowest BCUT2D eigenvalue weighted by Crippen LogP contribution is -2.35. The van der Waals surface area contributed by atoms with Crippen molar-refractivity contribution in [3.05, 3.63) is 161 Å². The van der Waals surface area contributed by atoms with Crippen LogP contribution in [0.25, 0.3) is 24.3 Å². The maximum absolute atomic E-state index is 5.89. The van der Waals surface area contributed by atoms with E-state index in [1.54, 1.807) is 0 Å². The summed E-state index contributed by atoms with van der Waals surface area (Å²) in [5, 5.41) is 0. The van der Waals surface area contributed by atoms with E-state index < -0.39 is 0 Å². The molecule has 5 rings (SSSR count). The highest BCUT2D eigenvalue weighted by Crippen LogP contribution is 2.21. The van der Waals surface area contributed by atoms with Gasteiger partial charge in [0.05, 0.1) is 0 Å². The van der Waals surface area contributed by atoms with Crippen LogP contribution < -0.4 is 9.30 Å². The first-order valence-corrected chi connectivity index (χ1v) is 12.5. The summed E-state index contributed by atoms with van der Waals surface area (Å²) in [6.45, 7) is 0. The zero-order chi connectivity index (χ0) is 25.3. The number of para-hydroxylation sites is 1.